The van der Waals surface area contributed by atoms with E-state index in [4.69, 9.17) is 9.84 Å². The monoisotopic (exact) mass is 304 g/mol. The van der Waals surface area contributed by atoms with Crippen molar-refractivity contribution in [3.8, 4) is 5.75 Å². The van der Waals surface area contributed by atoms with E-state index in [0.29, 0.717) is 12.2 Å². The molecule has 114 valence electrons. The van der Waals surface area contributed by atoms with Gasteiger partial charge in [-0.1, -0.05) is 42.5 Å². The van der Waals surface area contributed by atoms with E-state index >= 15 is 0 Å². The molecule has 3 nitrogen and oxygen atoms in total. The molecule has 0 aromatic heterocycles. The van der Waals surface area contributed by atoms with Gasteiger partial charge < -0.3 is 9.84 Å². The molecule has 0 atom stereocenters. The fourth-order valence-electron chi connectivity index (χ4n) is 3.19. The van der Waals surface area contributed by atoms with Crippen LogP contribution in [-0.4, -0.2) is 17.7 Å². The van der Waals surface area contributed by atoms with Crippen LogP contribution in [0.15, 0.2) is 54.6 Å². The van der Waals surface area contributed by atoms with Crippen molar-refractivity contribution in [2.45, 2.75) is 12.8 Å². The van der Waals surface area contributed by atoms with Gasteiger partial charge in [0.05, 0.1) is 0 Å². The van der Waals surface area contributed by atoms with Crippen LogP contribution in [0.5, 0.6) is 5.75 Å². The summed E-state index contributed by atoms with van der Waals surface area (Å²) >= 11 is 0. The minimum atomic E-state index is -0.311. The molecule has 0 heterocycles. The maximum absolute atomic E-state index is 11.9. The molecule has 4 aromatic rings. The molecule has 3 heteroatoms. The molecular formula is C20H16O3. The molecule has 0 spiro atoms. The average molecular weight is 304 g/mol. The van der Waals surface area contributed by atoms with Gasteiger partial charge in [0.2, 0.25) is 0 Å². The van der Waals surface area contributed by atoms with Crippen LogP contribution in [-0.2, 0) is 4.79 Å². The molecule has 23 heavy (non-hydrogen) atoms. The number of esters is 1. The highest BCUT2D eigenvalue weighted by molar-refractivity contribution is 6.24. The summed E-state index contributed by atoms with van der Waals surface area (Å²) in [5.41, 5.74) is 0. The molecule has 0 aliphatic carbocycles. The summed E-state index contributed by atoms with van der Waals surface area (Å²) in [7, 11) is 0. The molecule has 0 fully saturated rings. The molecule has 0 bridgehead atoms. The van der Waals surface area contributed by atoms with Gasteiger partial charge >= 0.3 is 5.97 Å². The SMILES string of the molecule is O=C(CCCO)Oc1ccc2ccc3cccc4ccc1c2c34. The molecule has 0 aliphatic rings. The Balaban J connectivity index is 1.91. The van der Waals surface area contributed by atoms with E-state index in [1.807, 2.05) is 18.2 Å². The third-order valence-electron chi connectivity index (χ3n) is 4.25. The smallest absolute Gasteiger partial charge is 0.311 e. The van der Waals surface area contributed by atoms with Gasteiger partial charge in [-0.2, -0.15) is 0 Å². The lowest BCUT2D eigenvalue weighted by atomic mass is 9.94. The van der Waals surface area contributed by atoms with Crippen molar-refractivity contribution in [2.24, 2.45) is 0 Å². The predicted molar refractivity (Wildman–Crippen MR) is 92.1 cm³/mol. The van der Waals surface area contributed by atoms with Crippen LogP contribution in [0, 0.1) is 0 Å². The average Bonchev–Trinajstić information content (AvgIpc) is 2.59. The lowest BCUT2D eigenvalue weighted by molar-refractivity contribution is -0.134. The Labute approximate surface area is 133 Å². The van der Waals surface area contributed by atoms with Crippen LogP contribution in [0.3, 0.4) is 0 Å². The first-order chi connectivity index (χ1) is 11.3. The molecule has 0 radical (unpaired) electrons. The highest BCUT2D eigenvalue weighted by Gasteiger charge is 2.13. The molecule has 0 amide bonds. The number of aliphatic hydroxyl groups is 1. The standard InChI is InChI=1S/C20H16O3/c21-12-2-5-18(22)23-17-11-9-15-7-6-13-3-1-4-14-8-10-16(17)20(15)19(13)14/h1,3-4,6-11,21H,2,5,12H2. The van der Waals surface area contributed by atoms with Crippen molar-refractivity contribution in [3.05, 3.63) is 54.6 Å². The van der Waals surface area contributed by atoms with Gasteiger partial charge in [-0.3, -0.25) is 4.79 Å². The number of hydrogen-bond acceptors (Lipinski definition) is 3. The summed E-state index contributed by atoms with van der Waals surface area (Å²) < 4.78 is 5.52. The number of hydrogen-bond donors (Lipinski definition) is 1. The van der Waals surface area contributed by atoms with Crippen molar-refractivity contribution >= 4 is 38.3 Å². The summed E-state index contributed by atoms with van der Waals surface area (Å²) in [4.78, 5) is 11.9. The summed E-state index contributed by atoms with van der Waals surface area (Å²) in [6.45, 7) is -0.00637. The Morgan fingerprint density at radius 2 is 1.52 bits per heavy atom. The lowest BCUT2D eigenvalue weighted by Crippen LogP contribution is -2.08. The van der Waals surface area contributed by atoms with E-state index in [1.165, 1.54) is 16.2 Å². The Morgan fingerprint density at radius 1 is 0.870 bits per heavy atom. The number of benzene rings is 4. The Morgan fingerprint density at radius 3 is 2.26 bits per heavy atom. The van der Waals surface area contributed by atoms with E-state index in [0.717, 1.165) is 16.2 Å². The van der Waals surface area contributed by atoms with Crippen LogP contribution >= 0.6 is 0 Å². The van der Waals surface area contributed by atoms with Gasteiger partial charge in [-0.25, -0.2) is 0 Å². The second-order valence-corrected chi connectivity index (χ2v) is 5.72. The van der Waals surface area contributed by atoms with E-state index < -0.39 is 0 Å². The quantitative estimate of drug-likeness (QED) is 0.348. The largest absolute Gasteiger partial charge is 0.426 e. The maximum Gasteiger partial charge on any atom is 0.311 e. The van der Waals surface area contributed by atoms with Crippen molar-refractivity contribution < 1.29 is 14.6 Å². The first kappa shape index (κ1) is 14.0. The summed E-state index contributed by atoms with van der Waals surface area (Å²) in [6, 6.07) is 18.4. The topological polar surface area (TPSA) is 46.5 Å². The third-order valence-corrected chi connectivity index (χ3v) is 4.25. The molecule has 1 N–H and O–H groups in total. The zero-order valence-electron chi connectivity index (χ0n) is 12.6. The van der Waals surface area contributed by atoms with Gasteiger partial charge in [0.1, 0.15) is 5.75 Å². The van der Waals surface area contributed by atoms with Gasteiger partial charge in [0, 0.05) is 23.8 Å². The van der Waals surface area contributed by atoms with E-state index in [-0.39, 0.29) is 19.0 Å². The van der Waals surface area contributed by atoms with Crippen molar-refractivity contribution in [3.63, 3.8) is 0 Å². The minimum Gasteiger partial charge on any atom is -0.426 e. The molecular weight excluding hydrogens is 288 g/mol. The minimum absolute atomic E-state index is 0.00637. The van der Waals surface area contributed by atoms with Crippen LogP contribution in [0.25, 0.3) is 32.3 Å². The number of ether oxygens (including phenoxy) is 1. The van der Waals surface area contributed by atoms with E-state index in [2.05, 4.69) is 36.4 Å². The van der Waals surface area contributed by atoms with Crippen molar-refractivity contribution in [2.75, 3.05) is 6.61 Å². The molecule has 4 aromatic carbocycles. The first-order valence-corrected chi connectivity index (χ1v) is 7.76. The summed E-state index contributed by atoms with van der Waals surface area (Å²) in [6.07, 6.45) is 0.642. The normalized spacial score (nSPS) is 11.5. The van der Waals surface area contributed by atoms with Gasteiger partial charge in [0.25, 0.3) is 0 Å². The fourth-order valence-corrected chi connectivity index (χ4v) is 3.19. The predicted octanol–water partition coefficient (Wildman–Crippen LogP) is 4.26. The number of aliphatic hydroxyl groups excluding tert-OH is 1. The number of rotatable bonds is 4. The second kappa shape index (κ2) is 5.52. The van der Waals surface area contributed by atoms with Gasteiger partial charge in [-0.05, 0) is 40.1 Å². The third kappa shape index (κ3) is 2.30. The summed E-state index contributed by atoms with van der Waals surface area (Å²) in [5, 5.41) is 15.6. The van der Waals surface area contributed by atoms with Crippen LogP contribution in [0.1, 0.15) is 12.8 Å². The summed E-state index contributed by atoms with van der Waals surface area (Å²) in [5.74, 6) is 0.271. The second-order valence-electron chi connectivity index (χ2n) is 5.72. The van der Waals surface area contributed by atoms with Crippen LogP contribution in [0.2, 0.25) is 0 Å². The highest BCUT2D eigenvalue weighted by atomic mass is 16.5. The van der Waals surface area contributed by atoms with Crippen LogP contribution in [0.4, 0.5) is 0 Å². The number of carbonyl (C=O) groups is 1. The highest BCUT2D eigenvalue weighted by Crippen LogP contribution is 2.38. The fraction of sp³-hybridized carbons (Fsp3) is 0.150. The van der Waals surface area contributed by atoms with Crippen molar-refractivity contribution in [1.82, 2.24) is 0 Å². The Bertz CT molecular complexity index is 988. The molecule has 0 saturated carbocycles. The van der Waals surface area contributed by atoms with Crippen molar-refractivity contribution in [1.29, 1.82) is 0 Å². The zero-order chi connectivity index (χ0) is 15.8. The van der Waals surface area contributed by atoms with Gasteiger partial charge in [0.15, 0.2) is 0 Å². The zero-order valence-corrected chi connectivity index (χ0v) is 12.6. The van der Waals surface area contributed by atoms with Crippen LogP contribution < -0.4 is 4.74 Å². The molecule has 0 unspecified atom stereocenters. The molecule has 0 saturated heterocycles. The first-order valence-electron chi connectivity index (χ1n) is 7.76. The Kier molecular flexibility index (Phi) is 3.36. The van der Waals surface area contributed by atoms with Gasteiger partial charge in [-0.15, -0.1) is 0 Å². The molecule has 0 aliphatic heterocycles. The Hall–Kier alpha value is -2.65. The maximum atomic E-state index is 11.9. The van der Waals surface area contributed by atoms with E-state index in [1.54, 1.807) is 0 Å². The number of carbonyl (C=O) groups excluding carboxylic acids is 1. The lowest BCUT2D eigenvalue weighted by Gasteiger charge is -2.13. The van der Waals surface area contributed by atoms with E-state index in [9.17, 15) is 4.79 Å². The molecule has 4 rings (SSSR count).